The van der Waals surface area contributed by atoms with Crippen LogP contribution in [0.15, 0.2) is 12.5 Å². The number of unbranched alkanes of at least 4 members (excludes halogenated alkanes) is 1. The Morgan fingerprint density at radius 3 is 2.14 bits per heavy atom. The molecule has 1 aromatic heterocycles. The minimum atomic E-state index is -1.28. The first-order valence-electron chi connectivity index (χ1n) is 11.0. The van der Waals surface area contributed by atoms with Crippen molar-refractivity contribution in [1.29, 1.82) is 0 Å². The SMILES string of the molecule is NCCCCC(NC(=O)C(N)CCC(=O)O)C(=O)NC(CS)C(=O)NC(Cc1cnc[nH]1)C(=O)O. The average molecular weight is 516 g/mol. The lowest BCUT2D eigenvalue weighted by Gasteiger charge is -2.24. The Kier molecular flexibility index (Phi) is 13.4. The fourth-order valence-electron chi connectivity index (χ4n) is 3.01. The van der Waals surface area contributed by atoms with Crippen LogP contribution in [-0.4, -0.2) is 86.3 Å². The Hall–Kier alpha value is -3.17. The van der Waals surface area contributed by atoms with Gasteiger partial charge in [-0.2, -0.15) is 12.6 Å². The van der Waals surface area contributed by atoms with E-state index in [2.05, 4.69) is 38.5 Å². The molecule has 0 aliphatic heterocycles. The van der Waals surface area contributed by atoms with Crippen molar-refractivity contribution in [2.45, 2.75) is 62.7 Å². The summed E-state index contributed by atoms with van der Waals surface area (Å²) in [6.07, 6.45) is 3.57. The molecule has 15 heteroatoms. The molecule has 1 heterocycles. The fourth-order valence-corrected chi connectivity index (χ4v) is 3.26. The number of hydrogen-bond acceptors (Lipinski definition) is 9. The van der Waals surface area contributed by atoms with Gasteiger partial charge in [0.2, 0.25) is 17.7 Å². The van der Waals surface area contributed by atoms with E-state index in [9.17, 15) is 29.1 Å². The van der Waals surface area contributed by atoms with Gasteiger partial charge in [-0.3, -0.25) is 19.2 Å². The van der Waals surface area contributed by atoms with Crippen molar-refractivity contribution in [3.8, 4) is 0 Å². The zero-order valence-electron chi connectivity index (χ0n) is 19.1. The number of amides is 3. The highest BCUT2D eigenvalue weighted by molar-refractivity contribution is 7.80. The van der Waals surface area contributed by atoms with Gasteiger partial charge in [0.1, 0.15) is 18.1 Å². The van der Waals surface area contributed by atoms with Crippen LogP contribution in [0.2, 0.25) is 0 Å². The normalized spacial score (nSPS) is 14.3. The molecular weight excluding hydrogens is 482 g/mol. The summed E-state index contributed by atoms with van der Waals surface area (Å²) in [7, 11) is 0. The lowest BCUT2D eigenvalue weighted by Crippen LogP contribution is -2.57. The number of carbonyl (C=O) groups excluding carboxylic acids is 3. The van der Waals surface area contributed by atoms with Crippen LogP contribution >= 0.6 is 12.6 Å². The van der Waals surface area contributed by atoms with Gasteiger partial charge in [0.15, 0.2) is 0 Å². The molecule has 0 aliphatic carbocycles. The number of nitrogens with zero attached hydrogens (tertiary/aromatic N) is 1. The lowest BCUT2D eigenvalue weighted by molar-refractivity contribution is -0.142. The number of imidazole rings is 1. The number of carbonyl (C=O) groups is 5. The molecule has 0 bridgehead atoms. The maximum Gasteiger partial charge on any atom is 0.326 e. The average Bonchev–Trinajstić information content (AvgIpc) is 3.32. The molecule has 14 nitrogen and oxygen atoms in total. The third-order valence-electron chi connectivity index (χ3n) is 4.99. The third-order valence-corrected chi connectivity index (χ3v) is 5.36. The summed E-state index contributed by atoms with van der Waals surface area (Å²) in [4.78, 5) is 66.7. The zero-order chi connectivity index (χ0) is 26.4. The van der Waals surface area contributed by atoms with Crippen molar-refractivity contribution < 1.29 is 34.2 Å². The van der Waals surface area contributed by atoms with Gasteiger partial charge in [-0.1, -0.05) is 0 Å². The van der Waals surface area contributed by atoms with Gasteiger partial charge in [-0.15, -0.1) is 0 Å². The molecule has 0 spiro atoms. The van der Waals surface area contributed by atoms with Crippen LogP contribution in [0.3, 0.4) is 0 Å². The van der Waals surface area contributed by atoms with Crippen LogP contribution in [0.25, 0.3) is 0 Å². The van der Waals surface area contributed by atoms with E-state index in [0.717, 1.165) is 0 Å². The zero-order valence-corrected chi connectivity index (χ0v) is 20.0. The number of nitrogens with two attached hydrogens (primary N) is 2. The summed E-state index contributed by atoms with van der Waals surface area (Å²) in [5.74, 6) is -4.72. The Morgan fingerprint density at radius 1 is 0.971 bits per heavy atom. The van der Waals surface area contributed by atoms with Crippen molar-refractivity contribution in [3.63, 3.8) is 0 Å². The van der Waals surface area contributed by atoms with Crippen molar-refractivity contribution in [1.82, 2.24) is 25.9 Å². The molecule has 1 aromatic rings. The number of rotatable bonds is 17. The second-order valence-electron chi connectivity index (χ2n) is 7.81. The fraction of sp³-hybridized carbons (Fsp3) is 0.600. The van der Waals surface area contributed by atoms with E-state index in [1.54, 1.807) is 0 Å². The smallest absolute Gasteiger partial charge is 0.326 e. The van der Waals surface area contributed by atoms with Crippen molar-refractivity contribution in [2.24, 2.45) is 11.5 Å². The van der Waals surface area contributed by atoms with Gasteiger partial charge in [-0.05, 0) is 32.2 Å². The summed E-state index contributed by atoms with van der Waals surface area (Å²) < 4.78 is 0. The first-order valence-corrected chi connectivity index (χ1v) is 11.6. The van der Waals surface area contributed by atoms with Gasteiger partial charge in [0, 0.05) is 30.5 Å². The van der Waals surface area contributed by atoms with Gasteiger partial charge < -0.3 is 42.6 Å². The number of aliphatic carboxylic acids is 2. The minimum Gasteiger partial charge on any atom is -0.481 e. The number of aromatic amines is 1. The molecule has 4 unspecified atom stereocenters. The van der Waals surface area contributed by atoms with Gasteiger partial charge in [0.25, 0.3) is 0 Å². The number of nitrogens with one attached hydrogen (secondary N) is 4. The number of aromatic nitrogens is 2. The maximum absolute atomic E-state index is 12.9. The van der Waals surface area contributed by atoms with Gasteiger partial charge in [-0.25, -0.2) is 9.78 Å². The topological polar surface area (TPSA) is 243 Å². The van der Waals surface area contributed by atoms with Crippen LogP contribution in [0, 0.1) is 0 Å². The molecule has 1 rings (SSSR count). The maximum atomic E-state index is 12.9. The monoisotopic (exact) mass is 515 g/mol. The molecule has 0 fully saturated rings. The predicted molar refractivity (Wildman–Crippen MR) is 127 cm³/mol. The third kappa shape index (κ3) is 11.2. The van der Waals surface area contributed by atoms with E-state index in [1.807, 2.05) is 0 Å². The highest BCUT2D eigenvalue weighted by Crippen LogP contribution is 2.05. The lowest BCUT2D eigenvalue weighted by atomic mass is 10.1. The molecule has 0 aromatic carbocycles. The summed E-state index contributed by atoms with van der Waals surface area (Å²) in [6, 6.07) is -4.68. The van der Waals surface area contributed by atoms with E-state index < -0.39 is 53.8 Å². The number of H-pyrrole nitrogens is 1. The Morgan fingerprint density at radius 2 is 1.60 bits per heavy atom. The van der Waals surface area contributed by atoms with Crippen molar-refractivity contribution in [3.05, 3.63) is 18.2 Å². The minimum absolute atomic E-state index is 0.0552. The van der Waals surface area contributed by atoms with Crippen LogP contribution in [0.4, 0.5) is 0 Å². The highest BCUT2D eigenvalue weighted by atomic mass is 32.1. The molecule has 35 heavy (non-hydrogen) atoms. The van der Waals surface area contributed by atoms with E-state index in [-0.39, 0.29) is 31.4 Å². The quantitative estimate of drug-likeness (QED) is 0.0796. The van der Waals surface area contributed by atoms with Crippen LogP contribution in [0.5, 0.6) is 0 Å². The second-order valence-corrected chi connectivity index (χ2v) is 8.17. The molecule has 0 saturated heterocycles. The molecule has 196 valence electrons. The second kappa shape index (κ2) is 15.7. The Bertz CT molecular complexity index is 853. The number of thiol groups is 1. The van der Waals surface area contributed by atoms with E-state index in [4.69, 9.17) is 16.6 Å². The number of carboxylic acids is 2. The van der Waals surface area contributed by atoms with Crippen LogP contribution in [-0.2, 0) is 30.4 Å². The molecule has 3 amide bonds. The molecular formula is C20H33N7O7S. The molecule has 0 aliphatic rings. The summed E-state index contributed by atoms with van der Waals surface area (Å²) in [5.41, 5.74) is 11.7. The van der Waals surface area contributed by atoms with Crippen LogP contribution < -0.4 is 27.4 Å². The summed E-state index contributed by atoms with van der Waals surface area (Å²) in [6.45, 7) is 0.370. The molecule has 10 N–H and O–H groups in total. The standard InChI is InChI=1S/C20H33N7O7S/c21-6-2-1-3-13(25-17(30)12(22)4-5-16(28)29)18(31)27-15(9-35)19(32)26-14(20(33)34)7-11-8-23-10-24-11/h8,10,12-15,35H,1-7,9,21-22H2,(H,23,24)(H,25,30)(H,26,32)(H,27,31)(H,28,29)(H,33,34). The predicted octanol–water partition coefficient (Wildman–Crippen LogP) is -2.26. The van der Waals surface area contributed by atoms with E-state index in [0.29, 0.717) is 25.1 Å². The number of carboxylic acid groups (broad SMARTS) is 2. The highest BCUT2D eigenvalue weighted by Gasteiger charge is 2.30. The van der Waals surface area contributed by atoms with Crippen molar-refractivity contribution in [2.75, 3.05) is 12.3 Å². The Labute approximate surface area is 207 Å². The molecule has 0 radical (unpaired) electrons. The summed E-state index contributed by atoms with van der Waals surface area (Å²) in [5, 5.41) is 25.5. The van der Waals surface area contributed by atoms with E-state index >= 15 is 0 Å². The first-order chi connectivity index (χ1) is 16.6. The molecule has 4 atom stereocenters. The number of hydrogen-bond donors (Lipinski definition) is 9. The first kappa shape index (κ1) is 29.9. The largest absolute Gasteiger partial charge is 0.481 e. The Balaban J connectivity index is 2.82. The van der Waals surface area contributed by atoms with Crippen LogP contribution in [0.1, 0.15) is 37.8 Å². The molecule has 0 saturated carbocycles. The van der Waals surface area contributed by atoms with Gasteiger partial charge >= 0.3 is 11.9 Å². The van der Waals surface area contributed by atoms with Gasteiger partial charge in [0.05, 0.1) is 12.4 Å². The van der Waals surface area contributed by atoms with E-state index in [1.165, 1.54) is 12.5 Å². The summed E-state index contributed by atoms with van der Waals surface area (Å²) >= 11 is 4.08. The van der Waals surface area contributed by atoms with Crippen molar-refractivity contribution >= 4 is 42.3 Å².